The molecule has 1 aromatic heterocycles. The van der Waals surface area contributed by atoms with Crippen molar-refractivity contribution in [1.82, 2.24) is 9.29 Å². The van der Waals surface area contributed by atoms with Crippen LogP contribution in [-0.4, -0.2) is 55.6 Å². The Bertz CT molecular complexity index is 579. The fourth-order valence-corrected chi connectivity index (χ4v) is 4.04. The monoisotopic (exact) mass is 320 g/mol. The van der Waals surface area contributed by atoms with Gasteiger partial charge in [-0.05, 0) is 18.8 Å². The summed E-state index contributed by atoms with van der Waals surface area (Å²) in [6.07, 6.45) is 2.36. The zero-order valence-corrected chi connectivity index (χ0v) is 12.6. The van der Waals surface area contributed by atoms with E-state index in [9.17, 15) is 13.2 Å². The van der Waals surface area contributed by atoms with Crippen LogP contribution < -0.4 is 0 Å². The molecule has 20 heavy (non-hydrogen) atoms. The van der Waals surface area contributed by atoms with Gasteiger partial charge in [-0.2, -0.15) is 4.31 Å². The van der Waals surface area contributed by atoms with Crippen LogP contribution >= 0.6 is 11.3 Å². The Kier molecular flexibility index (Phi) is 4.74. The van der Waals surface area contributed by atoms with Crippen LogP contribution in [0.5, 0.6) is 0 Å². The Morgan fingerprint density at radius 2 is 2.30 bits per heavy atom. The SMILES string of the molecule is CN(CCOCC1CC1)S(=O)(=O)c1scnc1C(=O)O. The number of carboxylic acids is 1. The van der Waals surface area contributed by atoms with Crippen molar-refractivity contribution >= 4 is 27.3 Å². The minimum atomic E-state index is -3.83. The maximum absolute atomic E-state index is 12.2. The molecule has 2 rings (SSSR count). The summed E-state index contributed by atoms with van der Waals surface area (Å²) in [5.74, 6) is -0.722. The summed E-state index contributed by atoms with van der Waals surface area (Å²) >= 11 is 0.805. The van der Waals surface area contributed by atoms with E-state index in [4.69, 9.17) is 9.84 Å². The minimum absolute atomic E-state index is 0.187. The molecule has 0 radical (unpaired) electrons. The molecule has 1 N–H and O–H groups in total. The van der Waals surface area contributed by atoms with E-state index < -0.39 is 21.7 Å². The Hall–Kier alpha value is -1.03. The third-order valence-electron chi connectivity index (χ3n) is 2.98. The van der Waals surface area contributed by atoms with Crippen molar-refractivity contribution in [3.8, 4) is 0 Å². The van der Waals surface area contributed by atoms with E-state index in [1.54, 1.807) is 0 Å². The number of ether oxygens (including phenoxy) is 1. The molecule has 112 valence electrons. The average Bonchev–Trinajstić information content (AvgIpc) is 3.06. The highest BCUT2D eigenvalue weighted by atomic mass is 32.2. The molecule has 0 amide bonds. The van der Waals surface area contributed by atoms with Crippen molar-refractivity contribution in [2.75, 3.05) is 26.8 Å². The Labute approximate surface area is 121 Å². The number of rotatable bonds is 8. The van der Waals surface area contributed by atoms with Gasteiger partial charge in [0.25, 0.3) is 10.0 Å². The number of aromatic nitrogens is 1. The van der Waals surface area contributed by atoms with Gasteiger partial charge in [0, 0.05) is 20.2 Å². The van der Waals surface area contributed by atoms with E-state index in [0.717, 1.165) is 15.6 Å². The lowest BCUT2D eigenvalue weighted by atomic mass is 10.5. The van der Waals surface area contributed by atoms with Crippen molar-refractivity contribution in [2.24, 2.45) is 5.92 Å². The fourth-order valence-electron chi connectivity index (χ4n) is 1.55. The lowest BCUT2D eigenvalue weighted by Gasteiger charge is -2.16. The zero-order chi connectivity index (χ0) is 14.8. The summed E-state index contributed by atoms with van der Waals surface area (Å²) in [6.45, 7) is 1.15. The van der Waals surface area contributed by atoms with Gasteiger partial charge in [0.05, 0.1) is 12.1 Å². The summed E-state index contributed by atoms with van der Waals surface area (Å²) in [7, 11) is -2.42. The molecule has 1 aliphatic rings. The number of hydrogen-bond acceptors (Lipinski definition) is 6. The number of hydrogen-bond donors (Lipinski definition) is 1. The number of nitrogens with zero attached hydrogens (tertiary/aromatic N) is 2. The molecule has 1 fully saturated rings. The topological polar surface area (TPSA) is 96.8 Å². The number of sulfonamides is 1. The van der Waals surface area contributed by atoms with E-state index in [1.807, 2.05) is 0 Å². The quantitative estimate of drug-likeness (QED) is 0.715. The molecule has 9 heteroatoms. The number of carbonyl (C=O) groups is 1. The van der Waals surface area contributed by atoms with Crippen molar-refractivity contribution in [1.29, 1.82) is 0 Å². The molecule has 1 saturated carbocycles. The van der Waals surface area contributed by atoms with E-state index in [1.165, 1.54) is 25.4 Å². The summed E-state index contributed by atoms with van der Waals surface area (Å²) in [6, 6.07) is 0. The molecule has 0 aromatic carbocycles. The zero-order valence-electron chi connectivity index (χ0n) is 11.0. The predicted molar refractivity (Wildman–Crippen MR) is 72.4 cm³/mol. The highest BCUT2D eigenvalue weighted by Crippen LogP contribution is 2.28. The van der Waals surface area contributed by atoms with Crippen molar-refractivity contribution < 1.29 is 23.1 Å². The third kappa shape index (κ3) is 3.54. The normalized spacial score (nSPS) is 15.7. The molecule has 0 bridgehead atoms. The predicted octanol–water partition coefficient (Wildman–Crippen LogP) is 0.888. The van der Waals surface area contributed by atoms with E-state index >= 15 is 0 Å². The third-order valence-corrected chi connectivity index (χ3v) is 6.19. The van der Waals surface area contributed by atoms with Crippen molar-refractivity contribution in [3.05, 3.63) is 11.2 Å². The van der Waals surface area contributed by atoms with Gasteiger partial charge in [-0.25, -0.2) is 18.2 Å². The molecular formula is C11H16N2O5S2. The van der Waals surface area contributed by atoms with E-state index in [-0.39, 0.29) is 10.8 Å². The Morgan fingerprint density at radius 3 is 2.90 bits per heavy atom. The highest BCUT2D eigenvalue weighted by Gasteiger charge is 2.29. The molecule has 0 unspecified atom stereocenters. The molecular weight excluding hydrogens is 304 g/mol. The number of likely N-dealkylation sites (N-methyl/N-ethyl adjacent to an activating group) is 1. The maximum atomic E-state index is 12.2. The molecule has 1 heterocycles. The van der Waals surface area contributed by atoms with Gasteiger partial charge in [-0.15, -0.1) is 11.3 Å². The molecule has 0 aliphatic heterocycles. The molecule has 7 nitrogen and oxygen atoms in total. The summed E-state index contributed by atoms with van der Waals surface area (Å²) in [4.78, 5) is 14.5. The second-order valence-corrected chi connectivity index (χ2v) is 7.73. The maximum Gasteiger partial charge on any atom is 0.356 e. The minimum Gasteiger partial charge on any atom is -0.476 e. The van der Waals surface area contributed by atoms with Crippen LogP contribution in [0.4, 0.5) is 0 Å². The number of thiazole rings is 1. The lowest BCUT2D eigenvalue weighted by Crippen LogP contribution is -2.31. The van der Waals surface area contributed by atoms with Gasteiger partial charge in [-0.1, -0.05) is 0 Å². The summed E-state index contributed by atoms with van der Waals surface area (Å²) in [5.41, 5.74) is 0.786. The summed E-state index contributed by atoms with van der Waals surface area (Å²) in [5, 5.41) is 8.92. The first-order chi connectivity index (χ1) is 9.43. The standard InChI is InChI=1S/C11H16N2O5S2/c1-13(4-5-18-6-8-2-3-8)20(16,17)11-9(10(14)15)12-7-19-11/h7-8H,2-6H2,1H3,(H,14,15). The Balaban J connectivity index is 1.96. The molecule has 1 aliphatic carbocycles. The molecule has 0 spiro atoms. The van der Waals surface area contributed by atoms with Crippen LogP contribution in [0.1, 0.15) is 23.3 Å². The number of carboxylic acid groups (broad SMARTS) is 1. The van der Waals surface area contributed by atoms with Gasteiger partial charge in [0.15, 0.2) is 9.90 Å². The van der Waals surface area contributed by atoms with Gasteiger partial charge in [-0.3, -0.25) is 0 Å². The van der Waals surface area contributed by atoms with Crippen LogP contribution in [0, 0.1) is 5.92 Å². The largest absolute Gasteiger partial charge is 0.476 e. The molecule has 0 saturated heterocycles. The van der Waals surface area contributed by atoms with Crippen LogP contribution in [0.25, 0.3) is 0 Å². The van der Waals surface area contributed by atoms with Gasteiger partial charge >= 0.3 is 5.97 Å². The second kappa shape index (κ2) is 6.17. The summed E-state index contributed by atoms with van der Waals surface area (Å²) < 4.78 is 30.7. The molecule has 0 atom stereocenters. The lowest BCUT2D eigenvalue weighted by molar-refractivity contribution is 0.0687. The smallest absolute Gasteiger partial charge is 0.356 e. The average molecular weight is 320 g/mol. The number of aromatic carboxylic acids is 1. The first-order valence-electron chi connectivity index (χ1n) is 6.13. The van der Waals surface area contributed by atoms with Gasteiger partial charge < -0.3 is 9.84 Å². The molecule has 1 aromatic rings. The fraction of sp³-hybridized carbons (Fsp3) is 0.636. The highest BCUT2D eigenvalue weighted by molar-refractivity contribution is 7.91. The van der Waals surface area contributed by atoms with Crippen LogP contribution in [0.15, 0.2) is 9.72 Å². The second-order valence-electron chi connectivity index (χ2n) is 4.64. The van der Waals surface area contributed by atoms with Crippen molar-refractivity contribution in [2.45, 2.75) is 17.1 Å². The van der Waals surface area contributed by atoms with E-state index in [2.05, 4.69) is 4.98 Å². The Morgan fingerprint density at radius 1 is 1.60 bits per heavy atom. The first kappa shape index (κ1) is 15.4. The van der Waals surface area contributed by atoms with Gasteiger partial charge in [0.2, 0.25) is 0 Å². The van der Waals surface area contributed by atoms with Crippen LogP contribution in [0.2, 0.25) is 0 Å². The van der Waals surface area contributed by atoms with Crippen molar-refractivity contribution in [3.63, 3.8) is 0 Å². The van der Waals surface area contributed by atoms with Crippen LogP contribution in [0.3, 0.4) is 0 Å². The van der Waals surface area contributed by atoms with Crippen LogP contribution in [-0.2, 0) is 14.8 Å². The first-order valence-corrected chi connectivity index (χ1v) is 8.45. The van der Waals surface area contributed by atoms with E-state index in [0.29, 0.717) is 19.1 Å². The van der Waals surface area contributed by atoms with Gasteiger partial charge in [0.1, 0.15) is 0 Å².